The van der Waals surface area contributed by atoms with E-state index in [-0.39, 0.29) is 0 Å². The molecule has 1 aliphatic rings. The maximum atomic E-state index is 5.63. The fourth-order valence-corrected chi connectivity index (χ4v) is 1.90. The Morgan fingerprint density at radius 3 is 2.86 bits per heavy atom. The zero-order chi connectivity index (χ0) is 10.1. The molecule has 1 saturated heterocycles. The monoisotopic (exact) mass is 194 g/mol. The van der Waals surface area contributed by atoms with E-state index in [1.807, 2.05) is 12.3 Å². The van der Waals surface area contributed by atoms with E-state index in [1.165, 1.54) is 0 Å². The van der Waals surface area contributed by atoms with Crippen molar-refractivity contribution in [2.24, 2.45) is 5.73 Å². The van der Waals surface area contributed by atoms with E-state index < -0.39 is 0 Å². The van der Waals surface area contributed by atoms with Gasteiger partial charge >= 0.3 is 0 Å². The van der Waals surface area contributed by atoms with Gasteiger partial charge in [-0.25, -0.2) is 0 Å². The van der Waals surface area contributed by atoms with Crippen LogP contribution in [0, 0.1) is 0 Å². The lowest BCUT2D eigenvalue weighted by molar-refractivity contribution is 0.0659. The quantitative estimate of drug-likeness (QED) is 0.766. The van der Waals surface area contributed by atoms with Gasteiger partial charge in [0.25, 0.3) is 0 Å². The molecule has 2 rings (SSSR count). The van der Waals surface area contributed by atoms with E-state index in [2.05, 4.69) is 28.5 Å². The fraction of sp³-hybridized carbons (Fsp3) is 0.700. The van der Waals surface area contributed by atoms with Gasteiger partial charge in [0.15, 0.2) is 0 Å². The van der Waals surface area contributed by atoms with Crippen LogP contribution in [0.4, 0.5) is 0 Å². The van der Waals surface area contributed by atoms with Crippen molar-refractivity contribution in [1.29, 1.82) is 0 Å². The molecule has 1 aromatic heterocycles. The second kappa shape index (κ2) is 3.71. The number of hydrogen-bond donors (Lipinski definition) is 1. The van der Waals surface area contributed by atoms with E-state index in [4.69, 9.17) is 5.73 Å². The van der Waals surface area contributed by atoms with Crippen molar-refractivity contribution in [3.63, 3.8) is 0 Å². The molecule has 14 heavy (non-hydrogen) atoms. The van der Waals surface area contributed by atoms with Crippen molar-refractivity contribution in [2.75, 3.05) is 13.1 Å². The lowest BCUT2D eigenvalue weighted by Crippen LogP contribution is -2.51. The molecule has 1 aromatic rings. The van der Waals surface area contributed by atoms with Gasteiger partial charge in [-0.2, -0.15) is 5.10 Å². The summed E-state index contributed by atoms with van der Waals surface area (Å²) in [6, 6.07) is 3.17. The molecule has 1 aliphatic heterocycles. The zero-order valence-electron chi connectivity index (χ0n) is 8.85. The van der Waals surface area contributed by atoms with Crippen LogP contribution in [0.15, 0.2) is 12.3 Å². The largest absolute Gasteiger partial charge is 0.325 e. The highest BCUT2D eigenvalue weighted by atomic mass is 15.4. The van der Waals surface area contributed by atoms with Crippen molar-refractivity contribution in [1.82, 2.24) is 14.7 Å². The molecular formula is C10H18N4. The van der Waals surface area contributed by atoms with Crippen LogP contribution in [-0.2, 0) is 6.54 Å². The molecule has 0 aromatic carbocycles. The van der Waals surface area contributed by atoms with Crippen molar-refractivity contribution in [3.8, 4) is 0 Å². The number of likely N-dealkylation sites (tertiary alicyclic amines) is 1. The molecule has 1 fully saturated rings. The molecule has 4 heteroatoms. The first-order valence-corrected chi connectivity index (χ1v) is 5.19. The number of nitrogens with two attached hydrogens (primary N) is 1. The van der Waals surface area contributed by atoms with Crippen molar-refractivity contribution < 1.29 is 0 Å². The minimum absolute atomic E-state index is 0.533. The highest BCUT2D eigenvalue weighted by Crippen LogP contribution is 2.23. The Labute approximate surface area is 84.7 Å². The van der Waals surface area contributed by atoms with Gasteiger partial charge in [-0.1, -0.05) is 0 Å². The lowest BCUT2D eigenvalue weighted by Gasteiger charge is -2.42. The minimum atomic E-state index is 0.533. The Balaban J connectivity index is 1.99. The number of hydrogen-bond acceptors (Lipinski definition) is 3. The van der Waals surface area contributed by atoms with Crippen molar-refractivity contribution in [2.45, 2.75) is 32.5 Å². The molecule has 0 atom stereocenters. The summed E-state index contributed by atoms with van der Waals surface area (Å²) in [7, 11) is 0. The average molecular weight is 194 g/mol. The number of rotatable bonds is 3. The standard InChI is InChI=1S/C10H18N4/c1-8(2)13-6-10(7-13)14-9(5-11)3-4-12-14/h3-4,8,10H,5-7,11H2,1-2H3. The second-order valence-corrected chi connectivity index (χ2v) is 4.17. The van der Waals surface area contributed by atoms with E-state index in [1.54, 1.807) is 0 Å². The topological polar surface area (TPSA) is 47.1 Å². The lowest BCUT2D eigenvalue weighted by atomic mass is 10.1. The first-order valence-electron chi connectivity index (χ1n) is 5.19. The molecule has 2 N–H and O–H groups in total. The Morgan fingerprint density at radius 1 is 1.57 bits per heavy atom. The van der Waals surface area contributed by atoms with Crippen LogP contribution in [0.2, 0.25) is 0 Å². The van der Waals surface area contributed by atoms with Gasteiger partial charge in [0, 0.05) is 31.9 Å². The van der Waals surface area contributed by atoms with Gasteiger partial charge in [0.1, 0.15) is 0 Å². The molecule has 0 spiro atoms. The van der Waals surface area contributed by atoms with Crippen LogP contribution >= 0.6 is 0 Å². The Hall–Kier alpha value is -0.870. The predicted molar refractivity (Wildman–Crippen MR) is 55.9 cm³/mol. The first-order chi connectivity index (χ1) is 6.72. The first kappa shape index (κ1) is 9.68. The normalized spacial score (nSPS) is 18.9. The summed E-state index contributed by atoms with van der Waals surface area (Å²) in [6.07, 6.45) is 1.83. The molecule has 4 nitrogen and oxygen atoms in total. The maximum Gasteiger partial charge on any atom is 0.0776 e. The summed E-state index contributed by atoms with van der Waals surface area (Å²) >= 11 is 0. The van der Waals surface area contributed by atoms with Gasteiger partial charge in [-0.3, -0.25) is 9.58 Å². The highest BCUT2D eigenvalue weighted by molar-refractivity contribution is 5.03. The highest BCUT2D eigenvalue weighted by Gasteiger charge is 2.30. The van der Waals surface area contributed by atoms with Crippen LogP contribution in [0.3, 0.4) is 0 Å². The Morgan fingerprint density at radius 2 is 2.29 bits per heavy atom. The van der Waals surface area contributed by atoms with E-state index in [0.717, 1.165) is 18.8 Å². The second-order valence-electron chi connectivity index (χ2n) is 4.17. The van der Waals surface area contributed by atoms with Gasteiger partial charge < -0.3 is 5.73 Å². The summed E-state index contributed by atoms with van der Waals surface area (Å²) in [5.74, 6) is 0. The summed E-state index contributed by atoms with van der Waals surface area (Å²) in [4.78, 5) is 2.44. The van der Waals surface area contributed by atoms with Gasteiger partial charge in [-0.15, -0.1) is 0 Å². The summed E-state index contributed by atoms with van der Waals surface area (Å²) in [5.41, 5.74) is 6.77. The third-order valence-electron chi connectivity index (χ3n) is 2.93. The van der Waals surface area contributed by atoms with Crippen LogP contribution < -0.4 is 5.73 Å². The number of aromatic nitrogens is 2. The molecule has 0 amide bonds. The van der Waals surface area contributed by atoms with Crippen LogP contribution in [0.1, 0.15) is 25.6 Å². The van der Waals surface area contributed by atoms with E-state index in [9.17, 15) is 0 Å². The average Bonchev–Trinajstić information content (AvgIpc) is 2.48. The molecule has 0 bridgehead atoms. The molecular weight excluding hydrogens is 176 g/mol. The third-order valence-corrected chi connectivity index (χ3v) is 2.93. The van der Waals surface area contributed by atoms with E-state index >= 15 is 0 Å². The third kappa shape index (κ3) is 1.55. The van der Waals surface area contributed by atoms with Gasteiger partial charge in [0.2, 0.25) is 0 Å². The molecule has 0 unspecified atom stereocenters. The van der Waals surface area contributed by atoms with Gasteiger partial charge in [-0.05, 0) is 19.9 Å². The SMILES string of the molecule is CC(C)N1CC(n2nccc2CN)C1. The van der Waals surface area contributed by atoms with Gasteiger partial charge in [0.05, 0.1) is 11.7 Å². The van der Waals surface area contributed by atoms with Crippen molar-refractivity contribution in [3.05, 3.63) is 18.0 Å². The predicted octanol–water partition coefficient (Wildman–Crippen LogP) is 0.607. The zero-order valence-corrected chi connectivity index (χ0v) is 8.85. The number of nitrogens with zero attached hydrogens (tertiary/aromatic N) is 3. The smallest absolute Gasteiger partial charge is 0.0776 e. The fourth-order valence-electron chi connectivity index (χ4n) is 1.90. The van der Waals surface area contributed by atoms with Crippen LogP contribution in [-0.4, -0.2) is 33.8 Å². The molecule has 0 saturated carbocycles. The van der Waals surface area contributed by atoms with Crippen molar-refractivity contribution >= 4 is 0 Å². The summed E-state index contributed by atoms with van der Waals surface area (Å²) in [6.45, 7) is 7.24. The molecule has 78 valence electrons. The molecule has 2 heterocycles. The maximum absolute atomic E-state index is 5.63. The summed E-state index contributed by atoms with van der Waals surface area (Å²) < 4.78 is 2.07. The van der Waals surface area contributed by atoms with Crippen LogP contribution in [0.25, 0.3) is 0 Å². The summed E-state index contributed by atoms with van der Waals surface area (Å²) in [5, 5.41) is 4.31. The minimum Gasteiger partial charge on any atom is -0.325 e. The van der Waals surface area contributed by atoms with E-state index in [0.29, 0.717) is 18.6 Å². The molecule has 0 radical (unpaired) electrons. The Bertz CT molecular complexity index is 299. The Kier molecular flexibility index (Phi) is 2.56. The van der Waals surface area contributed by atoms with Crippen LogP contribution in [0.5, 0.6) is 0 Å². The molecule has 0 aliphatic carbocycles.